The Labute approximate surface area is 73.7 Å². The van der Waals surface area contributed by atoms with E-state index in [1.54, 1.807) is 0 Å². The maximum absolute atomic E-state index is 13.0. The van der Waals surface area contributed by atoms with Crippen molar-refractivity contribution in [2.75, 3.05) is 5.73 Å². The predicted octanol–water partition coefficient (Wildman–Crippen LogP) is 1.76. The molecule has 1 aromatic carbocycles. The second-order valence-electron chi connectivity index (χ2n) is 2.36. The highest BCUT2D eigenvalue weighted by atomic mass is 19.2. The summed E-state index contributed by atoms with van der Waals surface area (Å²) in [6, 6.07) is 2.17. The molecule has 0 fully saturated rings. The van der Waals surface area contributed by atoms with E-state index in [0.29, 0.717) is 6.29 Å². The standard InChI is InChI=1S/C9H7F2NO/c10-7-3-4-8(12)6(9(7)11)2-1-5-13/h1-5H,12H2/b2-1+. The van der Waals surface area contributed by atoms with Crippen LogP contribution in [0.1, 0.15) is 5.56 Å². The van der Waals surface area contributed by atoms with Crippen LogP contribution in [0.25, 0.3) is 6.08 Å². The van der Waals surface area contributed by atoms with E-state index in [9.17, 15) is 13.6 Å². The van der Waals surface area contributed by atoms with Gasteiger partial charge in [-0.05, 0) is 24.3 Å². The van der Waals surface area contributed by atoms with Gasteiger partial charge in [0, 0.05) is 11.3 Å². The molecule has 0 aliphatic heterocycles. The summed E-state index contributed by atoms with van der Waals surface area (Å²) in [6.45, 7) is 0. The van der Waals surface area contributed by atoms with Crippen molar-refractivity contribution >= 4 is 18.0 Å². The van der Waals surface area contributed by atoms with Crippen molar-refractivity contribution in [3.05, 3.63) is 35.4 Å². The molecule has 0 saturated carbocycles. The molecule has 2 N–H and O–H groups in total. The van der Waals surface area contributed by atoms with E-state index in [4.69, 9.17) is 5.73 Å². The largest absolute Gasteiger partial charge is 0.398 e. The molecule has 0 unspecified atom stereocenters. The van der Waals surface area contributed by atoms with E-state index in [1.165, 1.54) is 6.07 Å². The summed E-state index contributed by atoms with van der Waals surface area (Å²) in [5, 5.41) is 0. The molecule has 0 aliphatic carbocycles. The first-order valence-electron chi connectivity index (χ1n) is 3.52. The number of nitrogens with two attached hydrogens (primary N) is 1. The number of carbonyl (C=O) groups is 1. The monoisotopic (exact) mass is 183 g/mol. The summed E-state index contributed by atoms with van der Waals surface area (Å²) in [4.78, 5) is 9.94. The van der Waals surface area contributed by atoms with Crippen LogP contribution in [0.2, 0.25) is 0 Å². The van der Waals surface area contributed by atoms with Crippen LogP contribution in [-0.4, -0.2) is 6.29 Å². The van der Waals surface area contributed by atoms with Crippen molar-refractivity contribution < 1.29 is 13.6 Å². The number of aldehydes is 1. The minimum absolute atomic E-state index is 0.0944. The highest BCUT2D eigenvalue weighted by Crippen LogP contribution is 2.19. The summed E-state index contributed by atoms with van der Waals surface area (Å²) in [6.07, 6.45) is 2.64. The third-order valence-electron chi connectivity index (χ3n) is 1.51. The van der Waals surface area contributed by atoms with Gasteiger partial charge in [-0.2, -0.15) is 0 Å². The molecule has 0 radical (unpaired) electrons. The zero-order valence-corrected chi connectivity index (χ0v) is 6.63. The molecule has 1 rings (SSSR count). The minimum atomic E-state index is -1.04. The molecule has 0 amide bonds. The number of rotatable bonds is 2. The summed E-state index contributed by atoms with van der Waals surface area (Å²) in [7, 11) is 0. The van der Waals surface area contributed by atoms with Gasteiger partial charge in [-0.15, -0.1) is 0 Å². The molecule has 13 heavy (non-hydrogen) atoms. The van der Waals surface area contributed by atoms with Gasteiger partial charge >= 0.3 is 0 Å². The normalized spacial score (nSPS) is 10.6. The number of benzene rings is 1. The maximum atomic E-state index is 13.0. The Kier molecular flexibility index (Phi) is 2.74. The Bertz CT molecular complexity index is 361. The van der Waals surface area contributed by atoms with Gasteiger partial charge in [-0.25, -0.2) is 8.78 Å². The van der Waals surface area contributed by atoms with E-state index in [-0.39, 0.29) is 11.3 Å². The van der Waals surface area contributed by atoms with Crippen molar-refractivity contribution in [3.63, 3.8) is 0 Å². The molecule has 0 bridgehead atoms. The van der Waals surface area contributed by atoms with Crippen LogP contribution in [0.5, 0.6) is 0 Å². The molecule has 0 spiro atoms. The summed E-state index contributed by atoms with van der Waals surface area (Å²) >= 11 is 0. The molecule has 4 heteroatoms. The number of anilines is 1. The van der Waals surface area contributed by atoms with Crippen LogP contribution < -0.4 is 5.73 Å². The molecule has 0 heterocycles. The van der Waals surface area contributed by atoms with Crippen LogP contribution in [0, 0.1) is 11.6 Å². The number of hydrogen-bond acceptors (Lipinski definition) is 2. The first-order chi connectivity index (χ1) is 6.16. The van der Waals surface area contributed by atoms with Crippen LogP contribution in [0.3, 0.4) is 0 Å². The quantitative estimate of drug-likeness (QED) is 0.431. The smallest absolute Gasteiger partial charge is 0.168 e. The van der Waals surface area contributed by atoms with Gasteiger partial charge in [0.05, 0.1) is 0 Å². The Morgan fingerprint density at radius 1 is 1.31 bits per heavy atom. The van der Waals surface area contributed by atoms with Crippen molar-refractivity contribution in [1.82, 2.24) is 0 Å². The fraction of sp³-hybridized carbons (Fsp3) is 0. The van der Waals surface area contributed by atoms with Gasteiger partial charge in [0.25, 0.3) is 0 Å². The summed E-state index contributed by atoms with van der Waals surface area (Å²) in [5.41, 5.74) is 5.35. The van der Waals surface area contributed by atoms with Gasteiger partial charge in [0.15, 0.2) is 11.6 Å². The maximum Gasteiger partial charge on any atom is 0.168 e. The highest BCUT2D eigenvalue weighted by Gasteiger charge is 2.08. The topological polar surface area (TPSA) is 43.1 Å². The molecule has 0 aromatic heterocycles. The molecule has 0 saturated heterocycles. The summed E-state index contributed by atoms with van der Waals surface area (Å²) < 4.78 is 25.6. The minimum Gasteiger partial charge on any atom is -0.398 e. The highest BCUT2D eigenvalue weighted by molar-refractivity contribution is 5.77. The third kappa shape index (κ3) is 1.90. The Balaban J connectivity index is 3.25. The van der Waals surface area contributed by atoms with Gasteiger partial charge in [-0.3, -0.25) is 4.79 Å². The average Bonchev–Trinajstić information content (AvgIpc) is 2.12. The lowest BCUT2D eigenvalue weighted by Crippen LogP contribution is -1.95. The lowest BCUT2D eigenvalue weighted by molar-refractivity contribution is -0.104. The van der Waals surface area contributed by atoms with Crippen molar-refractivity contribution in [2.24, 2.45) is 0 Å². The number of hydrogen-bond donors (Lipinski definition) is 1. The van der Waals surface area contributed by atoms with Gasteiger partial charge in [0.1, 0.15) is 6.29 Å². The van der Waals surface area contributed by atoms with Gasteiger partial charge in [-0.1, -0.05) is 0 Å². The fourth-order valence-electron chi connectivity index (χ4n) is 0.886. The van der Waals surface area contributed by atoms with E-state index in [1.807, 2.05) is 0 Å². The first-order valence-corrected chi connectivity index (χ1v) is 3.52. The Morgan fingerprint density at radius 3 is 2.62 bits per heavy atom. The SMILES string of the molecule is Nc1ccc(F)c(F)c1/C=C/C=O. The van der Waals surface area contributed by atoms with E-state index in [2.05, 4.69) is 0 Å². The van der Waals surface area contributed by atoms with Crippen LogP contribution in [-0.2, 0) is 4.79 Å². The van der Waals surface area contributed by atoms with Gasteiger partial charge in [0.2, 0.25) is 0 Å². The van der Waals surface area contributed by atoms with E-state index < -0.39 is 11.6 Å². The lowest BCUT2D eigenvalue weighted by atomic mass is 10.1. The first kappa shape index (κ1) is 9.38. The fourth-order valence-corrected chi connectivity index (χ4v) is 0.886. The number of carbonyl (C=O) groups excluding carboxylic acids is 1. The molecule has 0 atom stereocenters. The summed E-state index contributed by atoms with van der Waals surface area (Å²) in [5.74, 6) is -2.03. The average molecular weight is 183 g/mol. The Morgan fingerprint density at radius 2 is 2.00 bits per heavy atom. The van der Waals surface area contributed by atoms with Crippen molar-refractivity contribution in [2.45, 2.75) is 0 Å². The van der Waals surface area contributed by atoms with Crippen molar-refractivity contribution in [3.8, 4) is 0 Å². The van der Waals surface area contributed by atoms with E-state index in [0.717, 1.165) is 18.2 Å². The second kappa shape index (κ2) is 3.80. The predicted molar refractivity (Wildman–Crippen MR) is 45.9 cm³/mol. The zero-order chi connectivity index (χ0) is 9.84. The molecular formula is C9H7F2NO. The number of halogens is 2. The zero-order valence-electron chi connectivity index (χ0n) is 6.63. The lowest BCUT2D eigenvalue weighted by Gasteiger charge is -2.01. The second-order valence-corrected chi connectivity index (χ2v) is 2.36. The van der Waals surface area contributed by atoms with Crippen molar-refractivity contribution in [1.29, 1.82) is 0 Å². The van der Waals surface area contributed by atoms with E-state index >= 15 is 0 Å². The molecule has 2 nitrogen and oxygen atoms in total. The molecule has 68 valence electrons. The van der Waals surface area contributed by atoms with Crippen LogP contribution in [0.15, 0.2) is 18.2 Å². The Hall–Kier alpha value is -1.71. The number of allylic oxidation sites excluding steroid dienone is 1. The third-order valence-corrected chi connectivity index (χ3v) is 1.51. The molecular weight excluding hydrogens is 176 g/mol. The molecule has 0 aliphatic rings. The van der Waals surface area contributed by atoms with Gasteiger partial charge < -0.3 is 5.73 Å². The van der Waals surface area contributed by atoms with Crippen LogP contribution in [0.4, 0.5) is 14.5 Å². The molecule has 1 aromatic rings. The number of nitrogen functional groups attached to an aromatic ring is 1. The van der Waals surface area contributed by atoms with Crippen LogP contribution >= 0.6 is 0 Å².